The van der Waals surface area contributed by atoms with Crippen LogP contribution in [0, 0.1) is 5.82 Å². The van der Waals surface area contributed by atoms with E-state index in [2.05, 4.69) is 5.32 Å². The molecule has 0 saturated heterocycles. The van der Waals surface area contributed by atoms with E-state index < -0.39 is 5.82 Å². The fourth-order valence-corrected chi connectivity index (χ4v) is 1.64. The Balaban J connectivity index is 2.01. The van der Waals surface area contributed by atoms with Crippen LogP contribution in [0.4, 0.5) is 4.39 Å². The van der Waals surface area contributed by atoms with Gasteiger partial charge in [-0.3, -0.25) is 0 Å². The van der Waals surface area contributed by atoms with Crippen molar-refractivity contribution in [2.75, 3.05) is 0 Å². The van der Waals surface area contributed by atoms with E-state index in [0.717, 1.165) is 11.6 Å². The summed E-state index contributed by atoms with van der Waals surface area (Å²) < 4.78 is 18.5. The van der Waals surface area contributed by atoms with Crippen LogP contribution in [0.15, 0.2) is 41.2 Å². The molecule has 17 heavy (non-hydrogen) atoms. The summed E-state index contributed by atoms with van der Waals surface area (Å²) in [6.45, 7) is 2.48. The Morgan fingerprint density at radius 1 is 1.41 bits per heavy atom. The monoisotopic (exact) mass is 235 g/mol. The molecule has 4 heteroatoms. The van der Waals surface area contributed by atoms with Crippen molar-refractivity contribution in [1.82, 2.24) is 5.32 Å². The van der Waals surface area contributed by atoms with Gasteiger partial charge in [0.15, 0.2) is 0 Å². The molecule has 0 saturated carbocycles. The minimum atomic E-state index is -0.405. The molecule has 2 aromatic rings. The largest absolute Gasteiger partial charge is 0.508 e. The van der Waals surface area contributed by atoms with Crippen LogP contribution in [0.5, 0.6) is 5.75 Å². The Labute approximate surface area is 98.9 Å². The molecule has 0 spiro atoms. The summed E-state index contributed by atoms with van der Waals surface area (Å²) in [5, 5.41) is 12.3. The van der Waals surface area contributed by atoms with Gasteiger partial charge in [0, 0.05) is 29.8 Å². The van der Waals surface area contributed by atoms with Crippen molar-refractivity contribution in [3.63, 3.8) is 0 Å². The van der Waals surface area contributed by atoms with Crippen molar-refractivity contribution in [2.24, 2.45) is 0 Å². The van der Waals surface area contributed by atoms with Gasteiger partial charge < -0.3 is 14.8 Å². The van der Waals surface area contributed by atoms with Gasteiger partial charge in [-0.15, -0.1) is 0 Å². The Morgan fingerprint density at radius 2 is 2.24 bits per heavy atom. The van der Waals surface area contributed by atoms with E-state index in [1.807, 2.05) is 13.0 Å². The highest BCUT2D eigenvalue weighted by Crippen LogP contribution is 2.21. The van der Waals surface area contributed by atoms with Crippen LogP contribution in [-0.4, -0.2) is 5.11 Å². The predicted octanol–water partition coefficient (Wildman–Crippen LogP) is 2.98. The maximum Gasteiger partial charge on any atom is 0.131 e. The van der Waals surface area contributed by atoms with E-state index in [0.29, 0.717) is 12.1 Å². The lowest BCUT2D eigenvalue weighted by Crippen LogP contribution is -2.18. The Morgan fingerprint density at radius 3 is 2.88 bits per heavy atom. The van der Waals surface area contributed by atoms with Crippen molar-refractivity contribution >= 4 is 0 Å². The third-order valence-corrected chi connectivity index (χ3v) is 2.64. The van der Waals surface area contributed by atoms with E-state index in [-0.39, 0.29) is 11.8 Å². The number of phenols is 1. The second-order valence-corrected chi connectivity index (χ2v) is 3.94. The molecule has 0 aliphatic rings. The van der Waals surface area contributed by atoms with Gasteiger partial charge in [-0.2, -0.15) is 0 Å². The first-order valence-electron chi connectivity index (χ1n) is 5.39. The highest BCUT2D eigenvalue weighted by atomic mass is 19.1. The number of phenolic OH excluding ortho intramolecular Hbond substituents is 1. The normalized spacial score (nSPS) is 12.6. The summed E-state index contributed by atoms with van der Waals surface area (Å²) in [6.07, 6.45) is 3.25. The van der Waals surface area contributed by atoms with Crippen molar-refractivity contribution < 1.29 is 13.9 Å². The molecule has 1 aromatic carbocycles. The van der Waals surface area contributed by atoms with Crippen LogP contribution in [0.2, 0.25) is 0 Å². The zero-order chi connectivity index (χ0) is 12.3. The van der Waals surface area contributed by atoms with E-state index in [9.17, 15) is 4.39 Å². The Kier molecular flexibility index (Phi) is 3.44. The molecule has 2 N–H and O–H groups in total. The average Bonchev–Trinajstić information content (AvgIpc) is 2.78. The van der Waals surface area contributed by atoms with E-state index in [1.54, 1.807) is 18.6 Å². The second-order valence-electron chi connectivity index (χ2n) is 3.94. The lowest BCUT2D eigenvalue weighted by molar-refractivity contribution is 0.463. The zero-order valence-corrected chi connectivity index (χ0v) is 9.48. The molecule has 90 valence electrons. The zero-order valence-electron chi connectivity index (χ0n) is 9.48. The standard InChI is InChI=1S/C13H14FNO2/c1-9(15-7-10-4-5-17-8-10)12-3-2-11(16)6-13(12)14/h2-6,8-9,15-16H,7H2,1H3. The molecule has 0 aliphatic heterocycles. The first kappa shape index (κ1) is 11.7. The van der Waals surface area contributed by atoms with Crippen LogP contribution in [-0.2, 0) is 6.54 Å². The van der Waals surface area contributed by atoms with Crippen molar-refractivity contribution in [3.8, 4) is 5.75 Å². The first-order valence-corrected chi connectivity index (χ1v) is 5.39. The molecule has 1 heterocycles. The van der Waals surface area contributed by atoms with E-state index in [4.69, 9.17) is 9.52 Å². The molecule has 1 aromatic heterocycles. The summed E-state index contributed by atoms with van der Waals surface area (Å²) in [5.41, 5.74) is 1.54. The van der Waals surface area contributed by atoms with Crippen molar-refractivity contribution in [3.05, 3.63) is 53.7 Å². The molecule has 0 bridgehead atoms. The van der Waals surface area contributed by atoms with Crippen molar-refractivity contribution in [2.45, 2.75) is 19.5 Å². The third kappa shape index (κ3) is 2.85. The maximum atomic E-state index is 13.5. The molecule has 0 fully saturated rings. The Bertz CT molecular complexity index is 482. The summed E-state index contributed by atoms with van der Waals surface area (Å²) in [5.74, 6) is -0.467. The van der Waals surface area contributed by atoms with Gasteiger partial charge in [-0.1, -0.05) is 6.07 Å². The molecule has 1 atom stereocenters. The quantitative estimate of drug-likeness (QED) is 0.856. The van der Waals surface area contributed by atoms with Gasteiger partial charge in [0.1, 0.15) is 11.6 Å². The highest BCUT2D eigenvalue weighted by Gasteiger charge is 2.11. The molecule has 3 nitrogen and oxygen atoms in total. The Hall–Kier alpha value is -1.81. The van der Waals surface area contributed by atoms with Crippen LogP contribution in [0.3, 0.4) is 0 Å². The minimum absolute atomic E-state index is 0.0618. The number of halogens is 1. The molecule has 2 rings (SSSR count). The highest BCUT2D eigenvalue weighted by molar-refractivity contribution is 5.29. The smallest absolute Gasteiger partial charge is 0.131 e. The molecular formula is C13H14FNO2. The summed E-state index contributed by atoms with van der Waals surface area (Å²) >= 11 is 0. The van der Waals surface area contributed by atoms with Crippen molar-refractivity contribution in [1.29, 1.82) is 0 Å². The number of aromatic hydroxyl groups is 1. The molecular weight excluding hydrogens is 221 g/mol. The fraction of sp³-hybridized carbons (Fsp3) is 0.231. The van der Waals surface area contributed by atoms with Gasteiger partial charge in [-0.05, 0) is 19.1 Å². The van der Waals surface area contributed by atoms with Gasteiger partial charge in [0.05, 0.1) is 12.5 Å². The van der Waals surface area contributed by atoms with Gasteiger partial charge in [0.25, 0.3) is 0 Å². The fourth-order valence-electron chi connectivity index (χ4n) is 1.64. The first-order chi connectivity index (χ1) is 8.16. The molecule has 0 aliphatic carbocycles. The predicted molar refractivity (Wildman–Crippen MR) is 62.0 cm³/mol. The van der Waals surface area contributed by atoms with Crippen LogP contribution in [0.25, 0.3) is 0 Å². The molecule has 1 unspecified atom stereocenters. The molecule has 0 radical (unpaired) electrons. The van der Waals surface area contributed by atoms with Crippen LogP contribution in [0.1, 0.15) is 24.1 Å². The lowest BCUT2D eigenvalue weighted by atomic mass is 10.1. The summed E-state index contributed by atoms with van der Waals surface area (Å²) in [7, 11) is 0. The van der Waals surface area contributed by atoms with E-state index in [1.165, 1.54) is 6.07 Å². The van der Waals surface area contributed by atoms with Crippen LogP contribution < -0.4 is 5.32 Å². The summed E-state index contributed by atoms with van der Waals surface area (Å²) in [4.78, 5) is 0. The average molecular weight is 235 g/mol. The lowest BCUT2D eigenvalue weighted by Gasteiger charge is -2.14. The summed E-state index contributed by atoms with van der Waals surface area (Å²) in [6, 6.07) is 5.90. The SMILES string of the molecule is CC(NCc1ccoc1)c1ccc(O)cc1F. The van der Waals surface area contributed by atoms with Gasteiger partial charge in [-0.25, -0.2) is 4.39 Å². The van der Waals surface area contributed by atoms with Crippen LogP contribution >= 0.6 is 0 Å². The third-order valence-electron chi connectivity index (χ3n) is 2.64. The number of nitrogens with one attached hydrogen (secondary N) is 1. The number of hydrogen-bond donors (Lipinski definition) is 2. The van der Waals surface area contributed by atoms with Gasteiger partial charge >= 0.3 is 0 Å². The number of hydrogen-bond acceptors (Lipinski definition) is 3. The topological polar surface area (TPSA) is 45.4 Å². The molecule has 0 amide bonds. The number of rotatable bonds is 4. The van der Waals surface area contributed by atoms with Gasteiger partial charge in [0.2, 0.25) is 0 Å². The minimum Gasteiger partial charge on any atom is -0.508 e. The second kappa shape index (κ2) is 5.01. The maximum absolute atomic E-state index is 13.5. The number of benzene rings is 1. The number of furan rings is 1. The van der Waals surface area contributed by atoms with E-state index >= 15 is 0 Å².